The highest BCUT2D eigenvalue weighted by Crippen LogP contribution is 2.32. The summed E-state index contributed by atoms with van der Waals surface area (Å²) in [4.78, 5) is 2.45. The minimum atomic E-state index is 0.278. The zero-order valence-electron chi connectivity index (χ0n) is 11.7. The first-order valence-corrected chi connectivity index (χ1v) is 7.28. The number of nitrogens with two attached hydrogens (primary N) is 1. The van der Waals surface area contributed by atoms with E-state index in [2.05, 4.69) is 29.5 Å². The first kappa shape index (κ1) is 12.2. The highest BCUT2D eigenvalue weighted by molar-refractivity contribution is 5.32. The number of hydrogen-bond donors (Lipinski definition) is 1. The van der Waals surface area contributed by atoms with Crippen LogP contribution in [0.25, 0.3) is 0 Å². The van der Waals surface area contributed by atoms with Crippen LogP contribution in [0, 0.1) is 12.8 Å². The fraction of sp³-hybridized carbons (Fsp3) is 0.733. The van der Waals surface area contributed by atoms with Crippen LogP contribution in [-0.2, 0) is 13.0 Å². The van der Waals surface area contributed by atoms with Crippen molar-refractivity contribution in [2.75, 3.05) is 20.1 Å². The molecule has 0 spiro atoms. The average Bonchev–Trinajstić information content (AvgIpc) is 2.87. The van der Waals surface area contributed by atoms with Gasteiger partial charge in [-0.05, 0) is 63.7 Å². The topological polar surface area (TPSA) is 34.2 Å². The molecule has 1 aliphatic heterocycles. The van der Waals surface area contributed by atoms with Gasteiger partial charge in [0.25, 0.3) is 0 Å². The quantitative estimate of drug-likeness (QED) is 0.868. The highest BCUT2D eigenvalue weighted by atomic mass is 15.1. The first-order chi connectivity index (χ1) is 8.65. The van der Waals surface area contributed by atoms with Gasteiger partial charge < -0.3 is 15.2 Å². The van der Waals surface area contributed by atoms with Crippen LogP contribution in [0.1, 0.15) is 42.3 Å². The highest BCUT2D eigenvalue weighted by Gasteiger charge is 2.25. The van der Waals surface area contributed by atoms with Gasteiger partial charge in [-0.25, -0.2) is 0 Å². The van der Waals surface area contributed by atoms with E-state index in [9.17, 15) is 0 Å². The number of aromatic nitrogens is 1. The maximum absolute atomic E-state index is 6.24. The monoisotopic (exact) mass is 247 g/mol. The molecule has 0 bridgehead atoms. The maximum Gasteiger partial charge on any atom is 0.0313 e. The molecular formula is C15H25N3. The summed E-state index contributed by atoms with van der Waals surface area (Å²) in [6, 6.07) is 2.61. The Hall–Kier alpha value is -0.800. The van der Waals surface area contributed by atoms with Crippen molar-refractivity contribution in [1.82, 2.24) is 9.47 Å². The summed E-state index contributed by atoms with van der Waals surface area (Å²) < 4.78 is 2.55. The standard InChI is InChI=1S/C15H25N3/c1-11-8-13-14(16)4-3-5-15(13)18(11)10-12-6-7-17(2)9-12/h8,12,14H,3-7,9-10,16H2,1-2H3. The van der Waals surface area contributed by atoms with Gasteiger partial charge in [0.05, 0.1) is 0 Å². The number of hydrogen-bond acceptors (Lipinski definition) is 2. The molecule has 100 valence electrons. The first-order valence-electron chi connectivity index (χ1n) is 7.28. The fourth-order valence-electron chi connectivity index (χ4n) is 3.69. The van der Waals surface area contributed by atoms with Crippen LogP contribution in [0.15, 0.2) is 6.07 Å². The van der Waals surface area contributed by atoms with E-state index in [1.807, 2.05) is 0 Å². The van der Waals surface area contributed by atoms with Gasteiger partial charge in [0, 0.05) is 30.5 Å². The molecule has 2 aliphatic rings. The van der Waals surface area contributed by atoms with Crippen LogP contribution in [0.4, 0.5) is 0 Å². The van der Waals surface area contributed by atoms with E-state index in [1.54, 1.807) is 0 Å². The molecule has 3 heteroatoms. The minimum Gasteiger partial charge on any atom is -0.348 e. The van der Waals surface area contributed by atoms with Crippen LogP contribution in [0.3, 0.4) is 0 Å². The number of rotatable bonds is 2. The second-order valence-corrected chi connectivity index (χ2v) is 6.21. The lowest BCUT2D eigenvalue weighted by Gasteiger charge is -2.22. The van der Waals surface area contributed by atoms with Crippen molar-refractivity contribution in [3.63, 3.8) is 0 Å². The largest absolute Gasteiger partial charge is 0.348 e. The van der Waals surface area contributed by atoms with Gasteiger partial charge >= 0.3 is 0 Å². The predicted molar refractivity (Wildman–Crippen MR) is 74.6 cm³/mol. The van der Waals surface area contributed by atoms with Gasteiger partial charge in [0.1, 0.15) is 0 Å². The molecule has 0 radical (unpaired) electrons. The van der Waals surface area contributed by atoms with E-state index in [4.69, 9.17) is 5.73 Å². The van der Waals surface area contributed by atoms with Gasteiger partial charge in [-0.2, -0.15) is 0 Å². The summed E-state index contributed by atoms with van der Waals surface area (Å²) in [7, 11) is 2.23. The van der Waals surface area contributed by atoms with Gasteiger partial charge in [-0.1, -0.05) is 0 Å². The third-order valence-corrected chi connectivity index (χ3v) is 4.71. The van der Waals surface area contributed by atoms with Crippen LogP contribution < -0.4 is 5.73 Å². The molecule has 2 atom stereocenters. The second kappa shape index (κ2) is 4.71. The maximum atomic E-state index is 6.24. The molecule has 1 fully saturated rings. The van der Waals surface area contributed by atoms with Crippen molar-refractivity contribution in [2.45, 2.75) is 45.2 Å². The van der Waals surface area contributed by atoms with Gasteiger partial charge in [0.15, 0.2) is 0 Å². The smallest absolute Gasteiger partial charge is 0.0313 e. The second-order valence-electron chi connectivity index (χ2n) is 6.21. The summed E-state index contributed by atoms with van der Waals surface area (Å²) in [5.41, 5.74) is 10.6. The van der Waals surface area contributed by atoms with E-state index < -0.39 is 0 Å². The summed E-state index contributed by atoms with van der Waals surface area (Å²) >= 11 is 0. The van der Waals surface area contributed by atoms with E-state index in [1.165, 1.54) is 55.8 Å². The predicted octanol–water partition coefficient (Wildman–Crippen LogP) is 2.08. The van der Waals surface area contributed by atoms with Crippen LogP contribution in [-0.4, -0.2) is 29.6 Å². The molecule has 2 heterocycles. The molecule has 3 nitrogen and oxygen atoms in total. The summed E-state index contributed by atoms with van der Waals surface area (Å²) in [6.07, 6.45) is 4.97. The Morgan fingerprint density at radius 1 is 1.39 bits per heavy atom. The van der Waals surface area contributed by atoms with Gasteiger partial charge in [-0.15, -0.1) is 0 Å². The van der Waals surface area contributed by atoms with E-state index in [0.717, 1.165) is 12.3 Å². The summed E-state index contributed by atoms with van der Waals surface area (Å²) in [5.74, 6) is 0.823. The van der Waals surface area contributed by atoms with E-state index >= 15 is 0 Å². The zero-order valence-corrected chi connectivity index (χ0v) is 11.7. The third-order valence-electron chi connectivity index (χ3n) is 4.71. The Morgan fingerprint density at radius 2 is 2.22 bits per heavy atom. The van der Waals surface area contributed by atoms with E-state index in [0.29, 0.717) is 0 Å². The Bertz CT molecular complexity index is 435. The van der Waals surface area contributed by atoms with Crippen molar-refractivity contribution in [1.29, 1.82) is 0 Å². The summed E-state index contributed by atoms with van der Waals surface area (Å²) in [6.45, 7) is 5.94. The van der Waals surface area contributed by atoms with E-state index in [-0.39, 0.29) is 6.04 Å². The van der Waals surface area contributed by atoms with Gasteiger partial charge in [-0.3, -0.25) is 0 Å². The SMILES string of the molecule is Cc1cc2c(n1CC1CCN(C)C1)CCCC2N. The molecule has 1 aromatic heterocycles. The molecule has 0 saturated carbocycles. The lowest BCUT2D eigenvalue weighted by Crippen LogP contribution is -2.21. The molecule has 18 heavy (non-hydrogen) atoms. The third kappa shape index (κ3) is 2.10. The van der Waals surface area contributed by atoms with Crippen molar-refractivity contribution < 1.29 is 0 Å². The molecule has 1 saturated heterocycles. The molecule has 0 amide bonds. The Morgan fingerprint density at radius 3 is 2.94 bits per heavy atom. The van der Waals surface area contributed by atoms with Crippen molar-refractivity contribution >= 4 is 0 Å². The Balaban J connectivity index is 1.83. The Kier molecular flexibility index (Phi) is 3.20. The number of fused-ring (bicyclic) bond motifs is 1. The van der Waals surface area contributed by atoms with Crippen molar-refractivity contribution in [3.05, 3.63) is 23.0 Å². The minimum absolute atomic E-state index is 0.278. The molecule has 0 aromatic carbocycles. The van der Waals surface area contributed by atoms with Crippen LogP contribution in [0.5, 0.6) is 0 Å². The van der Waals surface area contributed by atoms with Crippen molar-refractivity contribution in [3.8, 4) is 0 Å². The zero-order chi connectivity index (χ0) is 12.7. The van der Waals surface area contributed by atoms with Gasteiger partial charge in [0.2, 0.25) is 0 Å². The van der Waals surface area contributed by atoms with Crippen LogP contribution in [0.2, 0.25) is 0 Å². The lowest BCUT2D eigenvalue weighted by molar-refractivity contribution is 0.373. The number of nitrogens with zero attached hydrogens (tertiary/aromatic N) is 2. The molecular weight excluding hydrogens is 222 g/mol. The average molecular weight is 247 g/mol. The van der Waals surface area contributed by atoms with Crippen LogP contribution >= 0.6 is 0 Å². The molecule has 1 aliphatic carbocycles. The molecule has 1 aromatic rings. The Labute approximate surface area is 110 Å². The van der Waals surface area contributed by atoms with Crippen molar-refractivity contribution in [2.24, 2.45) is 11.7 Å². The molecule has 2 N–H and O–H groups in total. The number of likely N-dealkylation sites (tertiary alicyclic amines) is 1. The normalized spacial score (nSPS) is 28.6. The summed E-state index contributed by atoms with van der Waals surface area (Å²) in [5, 5.41) is 0. The molecule has 3 rings (SSSR count). The lowest BCUT2D eigenvalue weighted by atomic mass is 9.93. The molecule has 2 unspecified atom stereocenters. The number of aryl methyl sites for hydroxylation is 1. The fourth-order valence-corrected chi connectivity index (χ4v) is 3.69.